The number of thiophene rings is 1. The van der Waals surface area contributed by atoms with Crippen LogP contribution in [0.4, 0.5) is 0 Å². The van der Waals surface area contributed by atoms with E-state index in [4.69, 9.17) is 13.9 Å². The molecule has 0 saturated heterocycles. The van der Waals surface area contributed by atoms with Gasteiger partial charge in [0.05, 0.1) is 19.9 Å². The minimum Gasteiger partial charge on any atom is -0.493 e. The van der Waals surface area contributed by atoms with E-state index in [9.17, 15) is 9.90 Å². The molecule has 2 heterocycles. The van der Waals surface area contributed by atoms with Gasteiger partial charge in [0.2, 0.25) is 0 Å². The number of nitrogens with one attached hydrogen (secondary N) is 1. The quantitative estimate of drug-likeness (QED) is 0.635. The zero-order chi connectivity index (χ0) is 18.4. The Morgan fingerprint density at radius 2 is 2.00 bits per heavy atom. The minimum atomic E-state index is -1.43. The third kappa shape index (κ3) is 3.89. The summed E-state index contributed by atoms with van der Waals surface area (Å²) in [7, 11) is 1.53. The van der Waals surface area contributed by atoms with E-state index in [-0.39, 0.29) is 19.1 Å². The normalized spacial score (nSPS) is 13.0. The second kappa shape index (κ2) is 8.07. The number of benzene rings is 1. The number of furan rings is 1. The number of aliphatic hydroxyl groups is 1. The molecule has 6 nitrogen and oxygen atoms in total. The molecule has 2 aromatic heterocycles. The second-order valence-corrected chi connectivity index (χ2v) is 6.48. The monoisotopic (exact) mass is 373 g/mol. The summed E-state index contributed by atoms with van der Waals surface area (Å²) >= 11 is 1.39. The van der Waals surface area contributed by atoms with Crippen molar-refractivity contribution in [2.45, 2.75) is 5.60 Å². The fraction of sp³-hybridized carbons (Fsp3) is 0.211. The van der Waals surface area contributed by atoms with Crippen LogP contribution in [-0.4, -0.2) is 31.3 Å². The van der Waals surface area contributed by atoms with Crippen LogP contribution < -0.4 is 14.8 Å². The number of amides is 1. The highest BCUT2D eigenvalue weighted by atomic mass is 32.1. The van der Waals surface area contributed by atoms with Gasteiger partial charge in [-0.2, -0.15) is 0 Å². The fourth-order valence-electron chi connectivity index (χ4n) is 2.48. The Bertz CT molecular complexity index is 795. The van der Waals surface area contributed by atoms with Gasteiger partial charge in [-0.3, -0.25) is 4.79 Å². The SMILES string of the molecule is COc1ccccc1OCC(=O)NCC(O)(c1ccco1)c1cccs1. The van der Waals surface area contributed by atoms with Crippen LogP contribution in [-0.2, 0) is 10.4 Å². The Hall–Kier alpha value is -2.77. The lowest BCUT2D eigenvalue weighted by molar-refractivity contribution is -0.124. The van der Waals surface area contributed by atoms with Gasteiger partial charge in [0.25, 0.3) is 5.91 Å². The van der Waals surface area contributed by atoms with Gasteiger partial charge in [0.15, 0.2) is 23.7 Å². The first-order valence-corrected chi connectivity index (χ1v) is 8.84. The number of rotatable bonds is 8. The van der Waals surface area contributed by atoms with Gasteiger partial charge in [-0.1, -0.05) is 18.2 Å². The van der Waals surface area contributed by atoms with Crippen LogP contribution >= 0.6 is 11.3 Å². The molecular weight excluding hydrogens is 354 g/mol. The molecule has 3 aromatic rings. The van der Waals surface area contributed by atoms with Crippen molar-refractivity contribution in [2.75, 3.05) is 20.3 Å². The Kier molecular flexibility index (Phi) is 5.60. The molecule has 0 spiro atoms. The average Bonchev–Trinajstić information content (AvgIpc) is 3.39. The Morgan fingerprint density at radius 3 is 2.65 bits per heavy atom. The number of para-hydroxylation sites is 2. The Morgan fingerprint density at radius 1 is 1.19 bits per heavy atom. The summed E-state index contributed by atoms with van der Waals surface area (Å²) in [4.78, 5) is 12.9. The van der Waals surface area contributed by atoms with Crippen LogP contribution in [0, 0.1) is 0 Å². The summed E-state index contributed by atoms with van der Waals surface area (Å²) in [5.74, 6) is 1.03. The van der Waals surface area contributed by atoms with E-state index < -0.39 is 5.60 Å². The summed E-state index contributed by atoms with van der Waals surface area (Å²) in [6.07, 6.45) is 1.49. The molecule has 2 N–H and O–H groups in total. The predicted molar refractivity (Wildman–Crippen MR) is 97.5 cm³/mol. The lowest BCUT2D eigenvalue weighted by Crippen LogP contribution is -2.42. The molecule has 0 aliphatic heterocycles. The molecule has 0 radical (unpaired) electrons. The smallest absolute Gasteiger partial charge is 0.258 e. The van der Waals surface area contributed by atoms with E-state index in [1.54, 1.807) is 36.4 Å². The Labute approximate surface area is 155 Å². The van der Waals surface area contributed by atoms with Crippen molar-refractivity contribution >= 4 is 17.2 Å². The van der Waals surface area contributed by atoms with Crippen LogP contribution in [0.15, 0.2) is 64.6 Å². The number of hydrogen-bond donors (Lipinski definition) is 2. The van der Waals surface area contributed by atoms with Gasteiger partial charge in [-0.25, -0.2) is 0 Å². The van der Waals surface area contributed by atoms with E-state index in [0.29, 0.717) is 22.1 Å². The predicted octanol–water partition coefficient (Wildman–Crippen LogP) is 2.78. The highest BCUT2D eigenvalue weighted by molar-refractivity contribution is 7.10. The molecule has 0 bridgehead atoms. The first kappa shape index (κ1) is 18.0. The van der Waals surface area contributed by atoms with Crippen LogP contribution in [0.2, 0.25) is 0 Å². The van der Waals surface area contributed by atoms with Crippen molar-refractivity contribution in [1.82, 2.24) is 5.32 Å². The molecule has 1 unspecified atom stereocenters. The fourth-order valence-corrected chi connectivity index (χ4v) is 3.31. The zero-order valence-electron chi connectivity index (χ0n) is 14.2. The number of carbonyl (C=O) groups excluding carboxylic acids is 1. The molecule has 1 atom stereocenters. The molecule has 7 heteroatoms. The first-order chi connectivity index (χ1) is 12.6. The molecule has 0 fully saturated rings. The van der Waals surface area contributed by atoms with Crippen LogP contribution in [0.3, 0.4) is 0 Å². The summed E-state index contributed by atoms with van der Waals surface area (Å²) in [5, 5.41) is 15.6. The number of carbonyl (C=O) groups is 1. The van der Waals surface area contributed by atoms with Gasteiger partial charge < -0.3 is 24.3 Å². The standard InChI is InChI=1S/C19H19NO5S/c1-23-14-6-2-3-7-15(14)25-12-18(21)20-13-19(22,16-8-4-10-24-16)17-9-5-11-26-17/h2-11,22H,12-13H2,1H3,(H,20,21). The maximum atomic E-state index is 12.2. The maximum absolute atomic E-state index is 12.2. The average molecular weight is 373 g/mol. The maximum Gasteiger partial charge on any atom is 0.258 e. The third-order valence-corrected chi connectivity index (χ3v) is 4.85. The minimum absolute atomic E-state index is 0.0326. The molecule has 1 aromatic carbocycles. The van der Waals surface area contributed by atoms with E-state index in [1.165, 1.54) is 24.7 Å². The topological polar surface area (TPSA) is 80.9 Å². The molecule has 0 saturated carbocycles. The number of hydrogen-bond acceptors (Lipinski definition) is 6. The second-order valence-electron chi connectivity index (χ2n) is 5.53. The lowest BCUT2D eigenvalue weighted by atomic mass is 9.98. The van der Waals surface area contributed by atoms with Crippen LogP contribution in [0.1, 0.15) is 10.6 Å². The molecule has 3 rings (SSSR count). The highest BCUT2D eigenvalue weighted by Crippen LogP contribution is 2.32. The van der Waals surface area contributed by atoms with Crippen LogP contribution in [0.5, 0.6) is 11.5 Å². The summed E-state index contributed by atoms with van der Waals surface area (Å²) in [5.41, 5.74) is -1.43. The lowest BCUT2D eigenvalue weighted by Gasteiger charge is -2.25. The van der Waals surface area contributed by atoms with Gasteiger partial charge in [0, 0.05) is 4.88 Å². The molecular formula is C19H19NO5S. The molecule has 1 amide bonds. The van der Waals surface area contributed by atoms with Crippen LogP contribution in [0.25, 0.3) is 0 Å². The van der Waals surface area contributed by atoms with E-state index in [1.807, 2.05) is 17.5 Å². The van der Waals surface area contributed by atoms with Gasteiger partial charge in [0.1, 0.15) is 5.76 Å². The van der Waals surface area contributed by atoms with Crippen molar-refractivity contribution < 1.29 is 23.8 Å². The van der Waals surface area contributed by atoms with Crippen molar-refractivity contribution in [3.05, 3.63) is 70.8 Å². The zero-order valence-corrected chi connectivity index (χ0v) is 15.0. The molecule has 0 aliphatic rings. The number of ether oxygens (including phenoxy) is 2. The summed E-state index contributed by atoms with van der Waals surface area (Å²) < 4.78 is 16.1. The van der Waals surface area contributed by atoms with Crippen molar-refractivity contribution in [3.63, 3.8) is 0 Å². The van der Waals surface area contributed by atoms with Gasteiger partial charge in [-0.15, -0.1) is 11.3 Å². The van der Waals surface area contributed by atoms with Gasteiger partial charge >= 0.3 is 0 Å². The summed E-state index contributed by atoms with van der Waals surface area (Å²) in [6, 6.07) is 14.1. The highest BCUT2D eigenvalue weighted by Gasteiger charge is 2.36. The van der Waals surface area contributed by atoms with Gasteiger partial charge in [-0.05, 0) is 35.7 Å². The largest absolute Gasteiger partial charge is 0.493 e. The first-order valence-electron chi connectivity index (χ1n) is 7.96. The molecule has 0 aliphatic carbocycles. The molecule has 26 heavy (non-hydrogen) atoms. The van der Waals surface area contributed by atoms with E-state index in [2.05, 4.69) is 5.32 Å². The number of methoxy groups -OCH3 is 1. The third-order valence-electron chi connectivity index (χ3n) is 3.83. The van der Waals surface area contributed by atoms with Crippen molar-refractivity contribution in [1.29, 1.82) is 0 Å². The van der Waals surface area contributed by atoms with Crippen molar-refractivity contribution in [3.8, 4) is 11.5 Å². The summed E-state index contributed by atoms with van der Waals surface area (Å²) in [6.45, 7) is -0.228. The Balaban J connectivity index is 1.63. The molecule has 136 valence electrons. The van der Waals surface area contributed by atoms with Crippen molar-refractivity contribution in [2.24, 2.45) is 0 Å². The van der Waals surface area contributed by atoms with E-state index in [0.717, 1.165) is 0 Å². The van der Waals surface area contributed by atoms with E-state index >= 15 is 0 Å².